The topological polar surface area (TPSA) is 112 Å². The van der Waals surface area contributed by atoms with E-state index >= 15 is 0 Å². The lowest BCUT2D eigenvalue weighted by molar-refractivity contribution is 0.0284. The summed E-state index contributed by atoms with van der Waals surface area (Å²) in [4.78, 5) is 40.5. The molecule has 2 saturated heterocycles. The van der Waals surface area contributed by atoms with Crippen LogP contribution < -0.4 is 9.64 Å². The summed E-state index contributed by atoms with van der Waals surface area (Å²) in [5.74, 6) is 0.669. The van der Waals surface area contributed by atoms with Gasteiger partial charge in [-0.05, 0) is 54.1 Å². The molecule has 0 saturated carbocycles. The number of piperazine rings is 1. The van der Waals surface area contributed by atoms with Crippen LogP contribution in [0.15, 0.2) is 0 Å². The Bertz CT molecular complexity index is 881. The average Bonchev–Trinajstić information content (AvgIpc) is 3.17. The van der Waals surface area contributed by atoms with Gasteiger partial charge in [0.05, 0.1) is 12.2 Å². The van der Waals surface area contributed by atoms with Crippen molar-refractivity contribution in [3.63, 3.8) is 0 Å². The van der Waals surface area contributed by atoms with E-state index in [1.165, 1.54) is 9.80 Å². The summed E-state index contributed by atoms with van der Waals surface area (Å²) in [6.45, 7) is 10.9. The molecule has 2 aliphatic heterocycles. The van der Waals surface area contributed by atoms with Crippen LogP contribution in [-0.4, -0.2) is 107 Å². The summed E-state index contributed by atoms with van der Waals surface area (Å²) >= 11 is 0. The number of carbonyl (C=O) groups excluding carboxylic acids is 1. The van der Waals surface area contributed by atoms with E-state index in [4.69, 9.17) is 14.5 Å². The quantitative estimate of drug-likeness (QED) is 0.659. The van der Waals surface area contributed by atoms with E-state index in [-0.39, 0.29) is 6.54 Å². The van der Waals surface area contributed by atoms with Gasteiger partial charge in [-0.3, -0.25) is 0 Å². The Morgan fingerprint density at radius 2 is 1.82 bits per heavy atom. The van der Waals surface area contributed by atoms with Crippen LogP contribution in [0, 0.1) is 6.92 Å². The van der Waals surface area contributed by atoms with Crippen LogP contribution >= 0.6 is 0 Å². The lowest BCUT2D eigenvalue weighted by Gasteiger charge is -2.35. The van der Waals surface area contributed by atoms with Crippen molar-refractivity contribution in [2.45, 2.75) is 58.7 Å². The standard InChI is InChI=1S/C23H38N6O5/c1-16-18(14-27(6)22(32)34-23(2,3)4)19(28-10-12-29(13-11-28)21(30)31)25-20(24-16)33-15-17-8-7-9-26(17)5/h17H,7-15H2,1-6H3,(H,30,31)/t17-/m0/s1. The molecule has 1 N–H and O–H groups in total. The van der Waals surface area contributed by atoms with E-state index in [1.807, 2.05) is 32.6 Å². The number of likely N-dealkylation sites (N-methyl/N-ethyl adjacent to an activating group) is 1. The highest BCUT2D eigenvalue weighted by molar-refractivity contribution is 5.68. The lowest BCUT2D eigenvalue weighted by atomic mass is 10.1. The van der Waals surface area contributed by atoms with Crippen molar-refractivity contribution in [1.29, 1.82) is 0 Å². The number of likely N-dealkylation sites (tertiary alicyclic amines) is 1. The van der Waals surface area contributed by atoms with Crippen molar-refractivity contribution in [2.24, 2.45) is 0 Å². The molecule has 0 spiro atoms. The van der Waals surface area contributed by atoms with Crippen LogP contribution in [-0.2, 0) is 11.3 Å². The highest BCUT2D eigenvalue weighted by Gasteiger charge is 2.28. The molecule has 2 aliphatic rings. The maximum absolute atomic E-state index is 12.6. The third-order valence-electron chi connectivity index (χ3n) is 6.20. The second-order valence-corrected chi connectivity index (χ2v) is 10.1. The summed E-state index contributed by atoms with van der Waals surface area (Å²) in [6, 6.07) is 0.640. The molecule has 3 rings (SSSR count). The van der Waals surface area contributed by atoms with Gasteiger partial charge in [0.2, 0.25) is 0 Å². The number of hydrogen-bond acceptors (Lipinski definition) is 8. The number of aromatic nitrogens is 2. The van der Waals surface area contributed by atoms with E-state index in [2.05, 4.69) is 16.9 Å². The molecule has 34 heavy (non-hydrogen) atoms. The third-order valence-corrected chi connectivity index (χ3v) is 6.20. The minimum atomic E-state index is -0.923. The fourth-order valence-electron chi connectivity index (χ4n) is 4.18. The summed E-state index contributed by atoms with van der Waals surface area (Å²) in [7, 11) is 3.77. The minimum Gasteiger partial charge on any atom is -0.465 e. The maximum atomic E-state index is 12.6. The van der Waals surface area contributed by atoms with Gasteiger partial charge in [0.15, 0.2) is 0 Å². The predicted octanol–water partition coefficient (Wildman–Crippen LogP) is 2.42. The highest BCUT2D eigenvalue weighted by atomic mass is 16.6. The molecule has 190 valence electrons. The molecule has 0 aromatic carbocycles. The van der Waals surface area contributed by atoms with E-state index in [0.29, 0.717) is 50.7 Å². The number of rotatable bonds is 6. The number of amides is 2. The molecule has 0 aliphatic carbocycles. The predicted molar refractivity (Wildman–Crippen MR) is 127 cm³/mol. The van der Waals surface area contributed by atoms with Crippen molar-refractivity contribution in [3.8, 4) is 6.01 Å². The monoisotopic (exact) mass is 478 g/mol. The number of ether oxygens (including phenoxy) is 2. The highest BCUT2D eigenvalue weighted by Crippen LogP contribution is 2.27. The summed E-state index contributed by atoms with van der Waals surface area (Å²) in [5, 5.41) is 9.31. The van der Waals surface area contributed by atoms with Crippen molar-refractivity contribution in [3.05, 3.63) is 11.3 Å². The zero-order valence-electron chi connectivity index (χ0n) is 21.2. The van der Waals surface area contributed by atoms with E-state index in [0.717, 1.165) is 30.6 Å². The first-order valence-electron chi connectivity index (χ1n) is 11.8. The Balaban J connectivity index is 1.82. The Morgan fingerprint density at radius 3 is 2.38 bits per heavy atom. The Kier molecular flexibility index (Phi) is 8.06. The van der Waals surface area contributed by atoms with Crippen LogP contribution in [0.4, 0.5) is 15.4 Å². The summed E-state index contributed by atoms with van der Waals surface area (Å²) < 4.78 is 11.5. The normalized spacial score (nSPS) is 19.3. The molecular weight excluding hydrogens is 440 g/mol. The van der Waals surface area contributed by atoms with Gasteiger partial charge in [0, 0.05) is 44.8 Å². The molecule has 2 amide bonds. The molecule has 0 unspecified atom stereocenters. The first kappa shape index (κ1) is 25.8. The van der Waals surface area contributed by atoms with Crippen molar-refractivity contribution < 1.29 is 24.2 Å². The number of anilines is 1. The van der Waals surface area contributed by atoms with Crippen LogP contribution in [0.25, 0.3) is 0 Å². The van der Waals surface area contributed by atoms with Crippen molar-refractivity contribution in [1.82, 2.24) is 24.7 Å². The fourth-order valence-corrected chi connectivity index (χ4v) is 4.18. The molecule has 0 bridgehead atoms. The van der Waals surface area contributed by atoms with Crippen LogP contribution in [0.5, 0.6) is 6.01 Å². The Labute approximate surface area is 201 Å². The van der Waals surface area contributed by atoms with Crippen LogP contribution in [0.1, 0.15) is 44.9 Å². The van der Waals surface area contributed by atoms with Gasteiger partial charge in [-0.25, -0.2) is 14.6 Å². The van der Waals surface area contributed by atoms with Gasteiger partial charge in [0.1, 0.15) is 18.0 Å². The fraction of sp³-hybridized carbons (Fsp3) is 0.739. The molecule has 0 radical (unpaired) electrons. The van der Waals surface area contributed by atoms with Crippen LogP contribution in [0.3, 0.4) is 0 Å². The van der Waals surface area contributed by atoms with Crippen molar-refractivity contribution in [2.75, 3.05) is 58.3 Å². The van der Waals surface area contributed by atoms with Gasteiger partial charge < -0.3 is 34.2 Å². The summed E-state index contributed by atoms with van der Waals surface area (Å²) in [5.41, 5.74) is 0.913. The van der Waals surface area contributed by atoms with Gasteiger partial charge in [-0.1, -0.05) is 0 Å². The molecule has 2 fully saturated rings. The first-order chi connectivity index (χ1) is 15.9. The third kappa shape index (κ3) is 6.62. The second kappa shape index (κ2) is 10.6. The van der Waals surface area contributed by atoms with Crippen LogP contribution in [0.2, 0.25) is 0 Å². The Morgan fingerprint density at radius 1 is 1.15 bits per heavy atom. The maximum Gasteiger partial charge on any atom is 0.410 e. The largest absolute Gasteiger partial charge is 0.465 e. The van der Waals surface area contributed by atoms with E-state index < -0.39 is 17.8 Å². The van der Waals surface area contributed by atoms with Gasteiger partial charge in [-0.2, -0.15) is 4.98 Å². The number of carboxylic acid groups (broad SMARTS) is 1. The Hall–Kier alpha value is -2.82. The van der Waals surface area contributed by atoms with Gasteiger partial charge in [0.25, 0.3) is 0 Å². The molecule has 11 nitrogen and oxygen atoms in total. The molecule has 11 heteroatoms. The minimum absolute atomic E-state index is 0.265. The molecule has 1 atom stereocenters. The zero-order chi connectivity index (χ0) is 25.0. The molecular formula is C23H38N6O5. The number of hydrogen-bond donors (Lipinski definition) is 1. The molecule has 1 aromatic rings. The average molecular weight is 479 g/mol. The zero-order valence-corrected chi connectivity index (χ0v) is 21.2. The number of nitrogens with zero attached hydrogens (tertiary/aromatic N) is 6. The lowest BCUT2D eigenvalue weighted by Crippen LogP contribution is -2.49. The summed E-state index contributed by atoms with van der Waals surface area (Å²) in [6.07, 6.45) is 0.879. The van der Waals surface area contributed by atoms with Gasteiger partial charge in [-0.15, -0.1) is 0 Å². The van der Waals surface area contributed by atoms with Crippen molar-refractivity contribution >= 4 is 18.0 Å². The first-order valence-corrected chi connectivity index (χ1v) is 11.8. The number of aryl methyl sites for hydroxylation is 1. The van der Waals surface area contributed by atoms with Gasteiger partial charge >= 0.3 is 18.2 Å². The SMILES string of the molecule is Cc1nc(OC[C@@H]2CCCN2C)nc(N2CCN(C(=O)O)CC2)c1CN(C)C(=O)OC(C)(C)C. The number of carbonyl (C=O) groups is 2. The molecule has 1 aromatic heterocycles. The van der Waals surface area contributed by atoms with E-state index in [1.54, 1.807) is 7.05 Å². The smallest absolute Gasteiger partial charge is 0.410 e. The second-order valence-electron chi connectivity index (χ2n) is 10.1. The van der Waals surface area contributed by atoms with E-state index in [9.17, 15) is 14.7 Å². The molecule has 3 heterocycles.